The van der Waals surface area contributed by atoms with E-state index in [1.165, 1.54) is 0 Å². The molecule has 150 valence electrons. The van der Waals surface area contributed by atoms with Gasteiger partial charge in [-0.05, 0) is 25.0 Å². The minimum atomic E-state index is -0.894. The molecule has 27 heavy (non-hydrogen) atoms. The maximum absolute atomic E-state index is 12.5. The van der Waals surface area contributed by atoms with Gasteiger partial charge in [0.1, 0.15) is 12.2 Å². The Morgan fingerprint density at radius 2 is 2.22 bits per heavy atom. The number of aliphatic hydroxyl groups excluding tert-OH is 2. The fourth-order valence-electron chi connectivity index (χ4n) is 3.86. The lowest BCUT2D eigenvalue weighted by Crippen LogP contribution is -2.39. The molecule has 7 heteroatoms. The van der Waals surface area contributed by atoms with Crippen LogP contribution < -0.4 is 0 Å². The average molecular weight is 380 g/mol. The van der Waals surface area contributed by atoms with Crippen molar-refractivity contribution in [3.8, 4) is 0 Å². The third-order valence-corrected chi connectivity index (χ3v) is 6.01. The van der Waals surface area contributed by atoms with Crippen molar-refractivity contribution in [3.05, 3.63) is 23.8 Å². The molecule has 2 aliphatic heterocycles. The Labute approximate surface area is 159 Å². The number of carbonyl (C=O) groups excluding carboxylic acids is 2. The highest BCUT2D eigenvalue weighted by Crippen LogP contribution is 2.48. The fourth-order valence-corrected chi connectivity index (χ4v) is 3.86. The molecule has 1 aliphatic carbocycles. The molecule has 0 aromatic carbocycles. The number of epoxide rings is 1. The van der Waals surface area contributed by atoms with Crippen LogP contribution in [0.25, 0.3) is 0 Å². The Kier molecular flexibility index (Phi) is 5.47. The van der Waals surface area contributed by atoms with Gasteiger partial charge in [0.2, 0.25) is 0 Å². The monoisotopic (exact) mass is 380 g/mol. The van der Waals surface area contributed by atoms with Gasteiger partial charge in [0, 0.05) is 18.4 Å². The van der Waals surface area contributed by atoms with Gasteiger partial charge in [-0.3, -0.25) is 4.79 Å². The average Bonchev–Trinajstić information content (AvgIpc) is 3.15. The Bertz CT molecular complexity index is 669. The van der Waals surface area contributed by atoms with Gasteiger partial charge in [-0.2, -0.15) is 0 Å². The second-order valence-corrected chi connectivity index (χ2v) is 7.98. The Morgan fingerprint density at radius 1 is 1.52 bits per heavy atom. The zero-order valence-corrected chi connectivity index (χ0v) is 16.0. The van der Waals surface area contributed by atoms with E-state index in [0.29, 0.717) is 24.8 Å². The first-order chi connectivity index (χ1) is 12.7. The van der Waals surface area contributed by atoms with Crippen LogP contribution in [0.5, 0.6) is 0 Å². The standard InChI is InChI=1S/C20H28O7/c1-5-10(2)18(23)26-15-8-20(4)16(27-20)7-13(22)12(9-21)6-14-17(15)11(3)19(24)25-14/h6,10,13-17,21-22H,3,5,7-9H2,1-2,4H3/t10?,13-,14-,15+,16+,17-,20+/m0/s1. The van der Waals surface area contributed by atoms with Crippen molar-refractivity contribution in [1.82, 2.24) is 0 Å². The van der Waals surface area contributed by atoms with E-state index in [9.17, 15) is 19.8 Å². The molecule has 0 aromatic rings. The van der Waals surface area contributed by atoms with Gasteiger partial charge in [-0.25, -0.2) is 4.79 Å². The Hall–Kier alpha value is -1.70. The zero-order valence-electron chi connectivity index (χ0n) is 16.0. The highest BCUT2D eigenvalue weighted by atomic mass is 16.6. The van der Waals surface area contributed by atoms with Gasteiger partial charge in [-0.15, -0.1) is 0 Å². The van der Waals surface area contributed by atoms with Crippen LogP contribution in [-0.4, -0.2) is 58.8 Å². The molecule has 3 aliphatic rings. The topological polar surface area (TPSA) is 106 Å². The molecule has 2 heterocycles. The lowest BCUT2D eigenvalue weighted by Gasteiger charge is -2.30. The molecule has 7 nitrogen and oxygen atoms in total. The van der Waals surface area contributed by atoms with Gasteiger partial charge in [0.25, 0.3) is 0 Å². The highest BCUT2D eigenvalue weighted by molar-refractivity contribution is 5.91. The van der Waals surface area contributed by atoms with Crippen molar-refractivity contribution in [2.24, 2.45) is 11.8 Å². The highest BCUT2D eigenvalue weighted by Gasteiger charge is 2.57. The molecule has 0 amide bonds. The molecule has 2 N–H and O–H groups in total. The smallest absolute Gasteiger partial charge is 0.334 e. The van der Waals surface area contributed by atoms with Crippen molar-refractivity contribution in [1.29, 1.82) is 0 Å². The van der Waals surface area contributed by atoms with Gasteiger partial charge in [-0.1, -0.05) is 20.4 Å². The number of hydrogen-bond acceptors (Lipinski definition) is 7. The molecule has 0 bridgehead atoms. The number of rotatable bonds is 4. The Morgan fingerprint density at radius 3 is 2.85 bits per heavy atom. The second-order valence-electron chi connectivity index (χ2n) is 7.98. The third-order valence-electron chi connectivity index (χ3n) is 6.01. The lowest BCUT2D eigenvalue weighted by atomic mass is 9.82. The van der Waals surface area contributed by atoms with Gasteiger partial charge in [0.05, 0.1) is 36.3 Å². The number of esters is 2. The normalized spacial score (nSPS) is 39.6. The van der Waals surface area contributed by atoms with E-state index in [4.69, 9.17) is 14.2 Å². The summed E-state index contributed by atoms with van der Waals surface area (Å²) in [7, 11) is 0. The first-order valence-corrected chi connectivity index (χ1v) is 9.47. The number of hydrogen-bond donors (Lipinski definition) is 2. The van der Waals surface area contributed by atoms with Crippen LogP contribution in [0.2, 0.25) is 0 Å². The molecule has 7 atom stereocenters. The van der Waals surface area contributed by atoms with E-state index >= 15 is 0 Å². The summed E-state index contributed by atoms with van der Waals surface area (Å²) in [5, 5.41) is 20.1. The van der Waals surface area contributed by atoms with Crippen molar-refractivity contribution in [3.63, 3.8) is 0 Å². The van der Waals surface area contributed by atoms with Crippen molar-refractivity contribution in [2.75, 3.05) is 6.61 Å². The predicted octanol–water partition coefficient (Wildman–Crippen LogP) is 1.27. The van der Waals surface area contributed by atoms with Gasteiger partial charge < -0.3 is 24.4 Å². The summed E-state index contributed by atoms with van der Waals surface area (Å²) in [6, 6.07) is 0. The van der Waals surface area contributed by atoms with Gasteiger partial charge in [0.15, 0.2) is 0 Å². The van der Waals surface area contributed by atoms with E-state index in [2.05, 4.69) is 6.58 Å². The molecular weight excluding hydrogens is 352 g/mol. The number of carbonyl (C=O) groups is 2. The molecule has 0 saturated carbocycles. The maximum Gasteiger partial charge on any atom is 0.334 e. The van der Waals surface area contributed by atoms with Crippen molar-refractivity contribution < 1.29 is 34.0 Å². The van der Waals surface area contributed by atoms with E-state index in [1.807, 2.05) is 13.8 Å². The number of ether oxygens (including phenoxy) is 3. The molecule has 2 saturated heterocycles. The quantitative estimate of drug-likeness (QED) is 0.327. The van der Waals surface area contributed by atoms with E-state index in [0.717, 1.165) is 0 Å². The predicted molar refractivity (Wildman–Crippen MR) is 95.5 cm³/mol. The molecule has 0 radical (unpaired) electrons. The largest absolute Gasteiger partial charge is 0.461 e. The first-order valence-electron chi connectivity index (χ1n) is 9.47. The zero-order chi connectivity index (χ0) is 19.9. The molecule has 3 rings (SSSR count). The molecule has 2 fully saturated rings. The van der Waals surface area contributed by atoms with Crippen LogP contribution in [0, 0.1) is 11.8 Å². The number of fused-ring (bicyclic) bond motifs is 2. The summed E-state index contributed by atoms with van der Waals surface area (Å²) in [6.07, 6.45) is 0.400. The van der Waals surface area contributed by atoms with Crippen LogP contribution in [-0.2, 0) is 23.8 Å². The maximum atomic E-state index is 12.5. The molecule has 0 spiro atoms. The van der Waals surface area contributed by atoms with E-state index in [-0.39, 0.29) is 30.2 Å². The summed E-state index contributed by atoms with van der Waals surface area (Å²) in [5.74, 6) is -1.74. The molecule has 0 aromatic heterocycles. The van der Waals surface area contributed by atoms with Crippen molar-refractivity contribution in [2.45, 2.75) is 70.1 Å². The van der Waals surface area contributed by atoms with Crippen LogP contribution in [0.15, 0.2) is 23.8 Å². The minimum absolute atomic E-state index is 0.213. The summed E-state index contributed by atoms with van der Waals surface area (Å²) >= 11 is 0. The fraction of sp³-hybridized carbons (Fsp3) is 0.700. The molecular formula is C20H28O7. The summed E-state index contributed by atoms with van der Waals surface area (Å²) in [4.78, 5) is 24.6. The van der Waals surface area contributed by atoms with Crippen molar-refractivity contribution >= 4 is 11.9 Å². The SMILES string of the molecule is C=C1C(=O)O[C@H]2C=C(CO)[C@@H](O)C[C@H]3O[C@]3(C)C[C@@H](OC(=O)C(C)CC)[C@@H]12. The summed E-state index contributed by atoms with van der Waals surface area (Å²) in [5.41, 5.74) is 0.0149. The van der Waals surface area contributed by atoms with E-state index < -0.39 is 35.8 Å². The van der Waals surface area contributed by atoms with Crippen LogP contribution in [0.4, 0.5) is 0 Å². The Balaban J connectivity index is 1.97. The number of aliphatic hydroxyl groups is 2. The van der Waals surface area contributed by atoms with Gasteiger partial charge >= 0.3 is 11.9 Å². The summed E-state index contributed by atoms with van der Waals surface area (Å²) in [6.45, 7) is 9.07. The minimum Gasteiger partial charge on any atom is -0.461 e. The molecule has 1 unspecified atom stereocenters. The second kappa shape index (κ2) is 7.37. The third kappa shape index (κ3) is 3.81. The van der Waals surface area contributed by atoms with E-state index in [1.54, 1.807) is 13.0 Å². The van der Waals surface area contributed by atoms with Crippen LogP contribution >= 0.6 is 0 Å². The lowest BCUT2D eigenvalue weighted by molar-refractivity contribution is -0.157. The van der Waals surface area contributed by atoms with Crippen LogP contribution in [0.3, 0.4) is 0 Å². The van der Waals surface area contributed by atoms with Crippen LogP contribution in [0.1, 0.15) is 40.0 Å². The first kappa shape index (κ1) is 20.0. The summed E-state index contributed by atoms with van der Waals surface area (Å²) < 4.78 is 17.0.